The fourth-order valence-electron chi connectivity index (χ4n) is 0.943. The highest BCUT2D eigenvalue weighted by Gasteiger charge is 2.38. The Morgan fingerprint density at radius 1 is 1.71 bits per heavy atom. The second-order valence-electron chi connectivity index (χ2n) is 3.00. The average Bonchev–Trinajstić information content (AvgIpc) is 2.45. The SMILES string of the molecule is Cc1cc([C@@H](N)C(F)(F)CO)sc1Br. The van der Waals surface area contributed by atoms with E-state index in [9.17, 15) is 8.78 Å². The lowest BCUT2D eigenvalue weighted by atomic mass is 10.1. The summed E-state index contributed by atoms with van der Waals surface area (Å²) in [6.45, 7) is 0.566. The summed E-state index contributed by atoms with van der Waals surface area (Å²) in [6, 6.07) is 0.158. The summed E-state index contributed by atoms with van der Waals surface area (Å²) in [5.41, 5.74) is 6.21. The van der Waals surface area contributed by atoms with E-state index in [-0.39, 0.29) is 0 Å². The van der Waals surface area contributed by atoms with E-state index >= 15 is 0 Å². The van der Waals surface area contributed by atoms with Crippen LogP contribution in [0, 0.1) is 6.92 Å². The number of aliphatic hydroxyl groups is 1. The highest BCUT2D eigenvalue weighted by molar-refractivity contribution is 9.11. The second kappa shape index (κ2) is 4.22. The first-order valence-corrected chi connectivity index (χ1v) is 5.49. The molecule has 0 aliphatic carbocycles. The molecule has 0 aromatic carbocycles. The predicted molar refractivity (Wildman–Crippen MR) is 55.7 cm³/mol. The molecule has 0 saturated heterocycles. The largest absolute Gasteiger partial charge is 0.390 e. The number of alkyl halides is 2. The molecule has 1 aromatic heterocycles. The molecule has 1 rings (SSSR count). The van der Waals surface area contributed by atoms with E-state index in [2.05, 4.69) is 15.9 Å². The Morgan fingerprint density at radius 2 is 2.29 bits per heavy atom. The van der Waals surface area contributed by atoms with Crippen molar-refractivity contribution in [2.75, 3.05) is 6.61 Å². The number of nitrogens with two attached hydrogens (primary N) is 1. The van der Waals surface area contributed by atoms with Gasteiger partial charge in [-0.1, -0.05) is 0 Å². The molecular weight excluding hydrogens is 276 g/mol. The third-order valence-electron chi connectivity index (χ3n) is 1.85. The van der Waals surface area contributed by atoms with Crippen LogP contribution in [0.1, 0.15) is 16.5 Å². The van der Waals surface area contributed by atoms with Crippen molar-refractivity contribution >= 4 is 27.3 Å². The maximum absolute atomic E-state index is 13.0. The maximum Gasteiger partial charge on any atom is 0.290 e. The van der Waals surface area contributed by atoms with Crippen molar-refractivity contribution in [3.8, 4) is 0 Å². The van der Waals surface area contributed by atoms with Gasteiger partial charge in [0.05, 0.1) is 3.79 Å². The Bertz CT molecular complexity index is 310. The summed E-state index contributed by atoms with van der Waals surface area (Å²) in [4.78, 5) is 0.369. The zero-order valence-corrected chi connectivity index (χ0v) is 9.83. The molecule has 0 fully saturated rings. The summed E-state index contributed by atoms with van der Waals surface area (Å²) in [5.74, 6) is -3.27. The lowest BCUT2D eigenvalue weighted by molar-refractivity contribution is -0.0703. The van der Waals surface area contributed by atoms with Crippen LogP contribution in [0.2, 0.25) is 0 Å². The van der Waals surface area contributed by atoms with E-state index in [1.165, 1.54) is 11.3 Å². The molecule has 1 aromatic rings. The monoisotopic (exact) mass is 285 g/mol. The Kier molecular flexibility index (Phi) is 3.63. The van der Waals surface area contributed by atoms with Crippen molar-refractivity contribution in [1.29, 1.82) is 0 Å². The van der Waals surface area contributed by atoms with Crippen molar-refractivity contribution in [1.82, 2.24) is 0 Å². The molecule has 3 N–H and O–H groups in total. The fourth-order valence-corrected chi connectivity index (χ4v) is 2.58. The molecule has 1 heterocycles. The van der Waals surface area contributed by atoms with Crippen LogP contribution in [-0.2, 0) is 0 Å². The fraction of sp³-hybridized carbons (Fsp3) is 0.500. The van der Waals surface area contributed by atoms with Crippen LogP contribution in [-0.4, -0.2) is 17.6 Å². The summed E-state index contributed by atoms with van der Waals surface area (Å²) in [5, 5.41) is 8.46. The van der Waals surface area contributed by atoms with Gasteiger partial charge in [0, 0.05) is 4.88 Å². The number of halogens is 3. The van der Waals surface area contributed by atoms with Gasteiger partial charge >= 0.3 is 0 Å². The molecular formula is C8H10BrF2NOS. The average molecular weight is 286 g/mol. The molecule has 80 valence electrons. The van der Waals surface area contributed by atoms with Crippen LogP contribution in [0.15, 0.2) is 9.85 Å². The van der Waals surface area contributed by atoms with Gasteiger partial charge in [-0.25, -0.2) is 8.78 Å². The number of aryl methyl sites for hydroxylation is 1. The molecule has 14 heavy (non-hydrogen) atoms. The van der Waals surface area contributed by atoms with Crippen molar-refractivity contribution in [2.45, 2.75) is 18.9 Å². The predicted octanol–water partition coefficient (Wildman–Crippen LogP) is 2.45. The number of rotatable bonds is 3. The van der Waals surface area contributed by atoms with Crippen molar-refractivity contribution in [2.24, 2.45) is 5.73 Å². The van der Waals surface area contributed by atoms with Crippen LogP contribution in [0.3, 0.4) is 0 Å². The molecule has 0 unspecified atom stereocenters. The Hall–Kier alpha value is -0.0400. The molecule has 0 spiro atoms. The number of thiophene rings is 1. The topological polar surface area (TPSA) is 46.2 Å². The van der Waals surface area contributed by atoms with Crippen LogP contribution in [0.4, 0.5) is 8.78 Å². The highest BCUT2D eigenvalue weighted by Crippen LogP contribution is 2.36. The van der Waals surface area contributed by atoms with Crippen molar-refractivity contribution < 1.29 is 13.9 Å². The molecule has 0 aliphatic heterocycles. The number of hydrogen-bond acceptors (Lipinski definition) is 3. The Morgan fingerprint density at radius 3 is 2.64 bits per heavy atom. The minimum atomic E-state index is -3.27. The van der Waals surface area contributed by atoms with E-state index in [4.69, 9.17) is 10.8 Å². The first-order valence-electron chi connectivity index (χ1n) is 3.88. The van der Waals surface area contributed by atoms with E-state index in [0.29, 0.717) is 4.88 Å². The third kappa shape index (κ3) is 2.31. The highest BCUT2D eigenvalue weighted by atomic mass is 79.9. The third-order valence-corrected chi connectivity index (χ3v) is 4.07. The van der Waals surface area contributed by atoms with Gasteiger partial charge in [0.25, 0.3) is 5.92 Å². The van der Waals surface area contributed by atoms with Crippen LogP contribution in [0.5, 0.6) is 0 Å². The standard InChI is InChI=1S/C8H10BrF2NOS/c1-4-2-5(14-7(4)9)6(12)8(10,11)3-13/h2,6,13H,3,12H2,1H3/t6-/m1/s1. The minimum absolute atomic E-state index is 0.369. The first kappa shape index (κ1) is 12.0. The summed E-state index contributed by atoms with van der Waals surface area (Å²) >= 11 is 4.39. The van der Waals surface area contributed by atoms with Crippen LogP contribution in [0.25, 0.3) is 0 Å². The van der Waals surface area contributed by atoms with E-state index in [0.717, 1.165) is 9.35 Å². The minimum Gasteiger partial charge on any atom is -0.390 e. The molecule has 0 saturated carbocycles. The van der Waals surface area contributed by atoms with Crippen LogP contribution < -0.4 is 5.73 Å². The van der Waals surface area contributed by atoms with Gasteiger partial charge in [-0.15, -0.1) is 11.3 Å². The quantitative estimate of drug-likeness (QED) is 0.896. The smallest absolute Gasteiger partial charge is 0.290 e. The van der Waals surface area contributed by atoms with Gasteiger partial charge in [0.15, 0.2) is 0 Å². The van der Waals surface area contributed by atoms with Gasteiger partial charge < -0.3 is 10.8 Å². The van der Waals surface area contributed by atoms with Gasteiger partial charge in [-0.2, -0.15) is 0 Å². The number of hydrogen-bond donors (Lipinski definition) is 2. The first-order chi connectivity index (χ1) is 6.38. The van der Waals surface area contributed by atoms with Crippen molar-refractivity contribution in [3.63, 3.8) is 0 Å². The van der Waals surface area contributed by atoms with Gasteiger partial charge in [0.2, 0.25) is 0 Å². The van der Waals surface area contributed by atoms with Gasteiger partial charge in [0.1, 0.15) is 12.6 Å². The second-order valence-corrected chi connectivity index (χ2v) is 5.40. The molecule has 6 heteroatoms. The zero-order chi connectivity index (χ0) is 10.9. The molecule has 0 radical (unpaired) electrons. The molecule has 1 atom stereocenters. The maximum atomic E-state index is 13.0. The normalized spacial score (nSPS) is 14.4. The van der Waals surface area contributed by atoms with Crippen molar-refractivity contribution in [3.05, 3.63) is 20.3 Å². The lowest BCUT2D eigenvalue weighted by Crippen LogP contribution is -2.35. The number of aliphatic hydroxyl groups excluding tert-OH is 1. The summed E-state index contributed by atoms with van der Waals surface area (Å²) in [7, 11) is 0. The van der Waals surface area contributed by atoms with E-state index < -0.39 is 18.6 Å². The van der Waals surface area contributed by atoms with E-state index in [1.807, 2.05) is 0 Å². The molecule has 0 aliphatic rings. The van der Waals surface area contributed by atoms with Gasteiger partial charge in [-0.05, 0) is 34.5 Å². The van der Waals surface area contributed by atoms with E-state index in [1.54, 1.807) is 13.0 Å². The Labute approximate surface area is 92.9 Å². The Balaban J connectivity index is 2.94. The molecule has 0 bridgehead atoms. The van der Waals surface area contributed by atoms with Gasteiger partial charge in [-0.3, -0.25) is 0 Å². The summed E-state index contributed by atoms with van der Waals surface area (Å²) < 4.78 is 26.8. The molecule has 2 nitrogen and oxygen atoms in total. The lowest BCUT2D eigenvalue weighted by Gasteiger charge is -2.19. The molecule has 0 amide bonds. The zero-order valence-electron chi connectivity index (χ0n) is 7.43. The van der Waals surface area contributed by atoms with Crippen LogP contribution >= 0.6 is 27.3 Å². The summed E-state index contributed by atoms with van der Waals surface area (Å²) in [6.07, 6.45) is 0.